The van der Waals surface area contributed by atoms with E-state index in [1.54, 1.807) is 6.20 Å². The maximum Gasteiger partial charge on any atom is 0.316 e. The predicted molar refractivity (Wildman–Crippen MR) is 144 cm³/mol. The molecule has 3 aromatic rings. The Morgan fingerprint density at radius 2 is 1.49 bits per heavy atom. The van der Waals surface area contributed by atoms with Gasteiger partial charge in [0.2, 0.25) is 0 Å². The van der Waals surface area contributed by atoms with Crippen LogP contribution >= 0.6 is 0 Å². The van der Waals surface area contributed by atoms with E-state index in [1.807, 2.05) is 18.2 Å². The fraction of sp³-hybridized carbons (Fsp3) is 0.467. The van der Waals surface area contributed by atoms with E-state index in [4.69, 9.17) is 19.9 Å². The Morgan fingerprint density at radius 3 is 2.11 bits per heavy atom. The molecular weight excluding hydrogens is 464 g/mol. The molecule has 0 amide bonds. The molecule has 5 rings (SSSR count). The van der Waals surface area contributed by atoms with Gasteiger partial charge in [0.25, 0.3) is 0 Å². The summed E-state index contributed by atoms with van der Waals surface area (Å²) >= 11 is 0. The number of likely N-dealkylation sites (tertiary alicyclic amines) is 1. The smallest absolute Gasteiger partial charge is 0.316 e. The Kier molecular flexibility index (Phi) is 7.63. The first-order valence-corrected chi connectivity index (χ1v) is 13.3. The second-order valence-electron chi connectivity index (χ2n) is 10.9. The van der Waals surface area contributed by atoms with Crippen LogP contribution in [0.3, 0.4) is 0 Å². The molecule has 1 aromatic heterocycles. The number of hydrogen-bond acceptors (Lipinski definition) is 7. The van der Waals surface area contributed by atoms with Gasteiger partial charge in [0, 0.05) is 30.7 Å². The molecule has 1 saturated heterocycles. The number of rotatable bonds is 9. The van der Waals surface area contributed by atoms with Gasteiger partial charge >= 0.3 is 6.01 Å². The lowest BCUT2D eigenvalue weighted by atomic mass is 9.78. The lowest BCUT2D eigenvalue weighted by Gasteiger charge is -2.33. The fourth-order valence-corrected chi connectivity index (χ4v) is 4.90. The Labute approximate surface area is 220 Å². The number of ether oxygens (including phenoxy) is 3. The van der Waals surface area contributed by atoms with Crippen molar-refractivity contribution in [3.8, 4) is 17.5 Å². The van der Waals surface area contributed by atoms with Gasteiger partial charge in [0.05, 0.1) is 5.69 Å². The third-order valence-electron chi connectivity index (χ3n) is 7.60. The molecule has 0 spiro atoms. The summed E-state index contributed by atoms with van der Waals surface area (Å²) in [6.45, 7) is 6.90. The van der Waals surface area contributed by atoms with E-state index >= 15 is 0 Å². The normalized spacial score (nSPS) is 20.8. The van der Waals surface area contributed by atoms with E-state index in [-0.39, 0.29) is 23.7 Å². The van der Waals surface area contributed by atoms with Gasteiger partial charge in [0.15, 0.2) is 0 Å². The molecular formula is C30H38N4O3. The summed E-state index contributed by atoms with van der Waals surface area (Å²) in [7, 11) is 2.14. The quantitative estimate of drug-likeness (QED) is 0.453. The van der Waals surface area contributed by atoms with Crippen molar-refractivity contribution in [3.63, 3.8) is 0 Å². The number of benzene rings is 2. The van der Waals surface area contributed by atoms with Crippen molar-refractivity contribution in [1.82, 2.24) is 14.9 Å². The van der Waals surface area contributed by atoms with Crippen LogP contribution in [0.2, 0.25) is 0 Å². The summed E-state index contributed by atoms with van der Waals surface area (Å²) in [4.78, 5) is 11.2. The summed E-state index contributed by atoms with van der Waals surface area (Å²) in [5.74, 6) is 1.71. The molecule has 1 saturated carbocycles. The number of nitrogens with two attached hydrogens (primary N) is 1. The Hall–Kier alpha value is -3.16. The van der Waals surface area contributed by atoms with Crippen LogP contribution in [0.1, 0.15) is 56.4 Å². The first kappa shape index (κ1) is 25.5. The van der Waals surface area contributed by atoms with Crippen molar-refractivity contribution >= 4 is 0 Å². The maximum absolute atomic E-state index is 6.02. The molecule has 2 fully saturated rings. The van der Waals surface area contributed by atoms with Crippen LogP contribution in [0.5, 0.6) is 17.5 Å². The molecule has 2 aliphatic rings. The van der Waals surface area contributed by atoms with Gasteiger partial charge in [-0.1, -0.05) is 38.1 Å². The highest BCUT2D eigenvalue weighted by Crippen LogP contribution is 2.34. The van der Waals surface area contributed by atoms with Crippen LogP contribution < -0.4 is 19.9 Å². The van der Waals surface area contributed by atoms with Gasteiger partial charge in [0.1, 0.15) is 30.3 Å². The highest BCUT2D eigenvalue weighted by atomic mass is 16.5. The molecule has 7 heteroatoms. The monoisotopic (exact) mass is 502 g/mol. The second kappa shape index (κ2) is 11.1. The molecule has 37 heavy (non-hydrogen) atoms. The predicted octanol–water partition coefficient (Wildman–Crippen LogP) is 4.72. The van der Waals surface area contributed by atoms with E-state index in [1.165, 1.54) is 11.1 Å². The van der Waals surface area contributed by atoms with Crippen LogP contribution in [0.15, 0.2) is 60.8 Å². The van der Waals surface area contributed by atoms with Crippen molar-refractivity contribution in [1.29, 1.82) is 0 Å². The third kappa shape index (κ3) is 6.40. The van der Waals surface area contributed by atoms with Crippen LogP contribution in [-0.2, 0) is 12.0 Å². The van der Waals surface area contributed by atoms with Gasteiger partial charge in [-0.3, -0.25) is 0 Å². The van der Waals surface area contributed by atoms with Crippen LogP contribution in [-0.4, -0.2) is 53.3 Å². The van der Waals surface area contributed by atoms with Crippen molar-refractivity contribution in [3.05, 3.63) is 77.6 Å². The minimum atomic E-state index is -0.150. The molecule has 196 valence electrons. The van der Waals surface area contributed by atoms with E-state index in [0.29, 0.717) is 12.6 Å². The lowest BCUT2D eigenvalue weighted by molar-refractivity contribution is 0.101. The van der Waals surface area contributed by atoms with E-state index in [2.05, 4.69) is 72.2 Å². The molecule has 1 aliphatic heterocycles. The maximum atomic E-state index is 6.02. The minimum Gasteiger partial charge on any atom is -0.490 e. The highest BCUT2D eigenvalue weighted by molar-refractivity contribution is 5.42. The third-order valence-corrected chi connectivity index (χ3v) is 7.60. The highest BCUT2D eigenvalue weighted by Gasteiger charge is 2.28. The molecule has 7 nitrogen and oxygen atoms in total. The first-order chi connectivity index (χ1) is 17.8. The number of aromatic nitrogens is 2. The van der Waals surface area contributed by atoms with Gasteiger partial charge < -0.3 is 24.8 Å². The first-order valence-electron chi connectivity index (χ1n) is 13.3. The molecule has 1 aliphatic carbocycles. The average Bonchev–Trinajstić information content (AvgIpc) is 2.89. The summed E-state index contributed by atoms with van der Waals surface area (Å²) in [5, 5.41) is 0. The van der Waals surface area contributed by atoms with Gasteiger partial charge in [-0.25, -0.2) is 4.98 Å². The van der Waals surface area contributed by atoms with Crippen molar-refractivity contribution in [2.24, 2.45) is 5.73 Å². The summed E-state index contributed by atoms with van der Waals surface area (Å²) < 4.78 is 18.0. The Bertz CT molecular complexity index is 1150. The molecule has 0 radical (unpaired) electrons. The number of hydrogen-bond donors (Lipinski definition) is 1. The zero-order valence-electron chi connectivity index (χ0n) is 22.1. The van der Waals surface area contributed by atoms with E-state index in [0.717, 1.165) is 56.0 Å². The molecule has 0 atom stereocenters. The Morgan fingerprint density at radius 1 is 0.865 bits per heavy atom. The second-order valence-corrected chi connectivity index (χ2v) is 10.9. The SMILES string of the molecule is CN1CCC(Oc2nccc(COc3ccc(C(C)(C)c4ccc(OC5CC(N)C5)cc4)cc3)n2)CC1. The standard InChI is InChI=1S/C30H38N4O3/c1-30(2,22-6-10-26(11-7-22)36-28-18-23(31)19-28)21-4-8-25(9-5-21)35-20-24-12-15-32-29(33-24)37-27-13-16-34(3)17-14-27/h4-12,15,23,27-28H,13-14,16-20,31H2,1-3H3. The van der Waals surface area contributed by atoms with Crippen molar-refractivity contribution < 1.29 is 14.2 Å². The van der Waals surface area contributed by atoms with Crippen LogP contribution in [0.4, 0.5) is 0 Å². The molecule has 2 N–H and O–H groups in total. The fourth-order valence-electron chi connectivity index (χ4n) is 4.90. The summed E-state index contributed by atoms with van der Waals surface area (Å²) in [5.41, 5.74) is 8.97. The summed E-state index contributed by atoms with van der Waals surface area (Å²) in [6.07, 6.45) is 6.03. The Balaban J connectivity index is 1.15. The molecule has 2 heterocycles. The number of piperidine rings is 1. The average molecular weight is 503 g/mol. The zero-order chi connectivity index (χ0) is 25.8. The topological polar surface area (TPSA) is 82.7 Å². The lowest BCUT2D eigenvalue weighted by Crippen LogP contribution is -2.43. The van der Waals surface area contributed by atoms with E-state index < -0.39 is 0 Å². The largest absolute Gasteiger partial charge is 0.490 e. The summed E-state index contributed by atoms with van der Waals surface area (Å²) in [6, 6.07) is 19.3. The van der Waals surface area contributed by atoms with Gasteiger partial charge in [-0.05, 0) is 74.2 Å². The van der Waals surface area contributed by atoms with Crippen LogP contribution in [0.25, 0.3) is 0 Å². The zero-order valence-corrected chi connectivity index (χ0v) is 22.1. The molecule has 2 aromatic carbocycles. The van der Waals surface area contributed by atoms with Gasteiger partial charge in [-0.2, -0.15) is 4.98 Å². The minimum absolute atomic E-state index is 0.150. The van der Waals surface area contributed by atoms with E-state index in [9.17, 15) is 0 Å². The molecule has 0 bridgehead atoms. The van der Waals surface area contributed by atoms with Gasteiger partial charge in [-0.15, -0.1) is 0 Å². The molecule has 0 unspecified atom stereocenters. The number of nitrogens with zero attached hydrogens (tertiary/aromatic N) is 3. The van der Waals surface area contributed by atoms with Crippen LogP contribution in [0, 0.1) is 0 Å². The van der Waals surface area contributed by atoms with Crippen molar-refractivity contribution in [2.45, 2.75) is 69.8 Å². The van der Waals surface area contributed by atoms with Crippen molar-refractivity contribution in [2.75, 3.05) is 20.1 Å².